The lowest BCUT2D eigenvalue weighted by Crippen LogP contribution is -2.37. The molecule has 0 aliphatic carbocycles. The third-order valence-corrected chi connectivity index (χ3v) is 4.92. The summed E-state index contributed by atoms with van der Waals surface area (Å²) in [5.41, 5.74) is 1.73. The number of halogens is 1. The van der Waals surface area contributed by atoms with Crippen LogP contribution in [-0.4, -0.2) is 35.0 Å². The van der Waals surface area contributed by atoms with Gasteiger partial charge in [-0.2, -0.15) is 0 Å². The van der Waals surface area contributed by atoms with Crippen LogP contribution in [-0.2, 0) is 28.7 Å². The van der Waals surface area contributed by atoms with Gasteiger partial charge in [0.25, 0.3) is 0 Å². The van der Waals surface area contributed by atoms with Crippen LogP contribution in [0.1, 0.15) is 16.9 Å². The maximum Gasteiger partial charge on any atom is 0.215 e. The van der Waals surface area contributed by atoms with Gasteiger partial charge in [-0.15, -0.1) is 24.0 Å². The molecule has 1 aromatic carbocycles. The highest BCUT2D eigenvalue weighted by Crippen LogP contribution is 2.08. The summed E-state index contributed by atoms with van der Waals surface area (Å²) in [6.07, 6.45) is 2.43. The number of hydrogen-bond acceptors (Lipinski definition) is 4. The molecule has 144 valence electrons. The number of nitrogens with zero attached hydrogens (tertiary/aromatic N) is 1. The topological polar surface area (TPSA) is 95.7 Å². The summed E-state index contributed by atoms with van der Waals surface area (Å²) in [7, 11) is -0.152. The van der Waals surface area contributed by atoms with Crippen molar-refractivity contribution in [3.63, 3.8) is 0 Å². The SMILES string of the molecule is CN=C(NCCc1ccco1)NCc1cccc(CS(=O)(=O)NC)c1.I. The van der Waals surface area contributed by atoms with Crippen LogP contribution in [0.15, 0.2) is 52.1 Å². The number of hydrogen-bond donors (Lipinski definition) is 3. The maximum absolute atomic E-state index is 11.6. The van der Waals surface area contributed by atoms with Crippen molar-refractivity contribution in [1.29, 1.82) is 0 Å². The van der Waals surface area contributed by atoms with E-state index >= 15 is 0 Å². The predicted octanol–water partition coefficient (Wildman–Crippen LogP) is 1.85. The largest absolute Gasteiger partial charge is 0.469 e. The molecule has 1 aromatic heterocycles. The van der Waals surface area contributed by atoms with E-state index in [1.165, 1.54) is 7.05 Å². The summed E-state index contributed by atoms with van der Waals surface area (Å²) >= 11 is 0. The molecule has 0 aliphatic heterocycles. The third kappa shape index (κ3) is 7.75. The Balaban J connectivity index is 0.00000338. The first-order valence-corrected chi connectivity index (χ1v) is 9.63. The molecule has 0 saturated heterocycles. The number of guanidine groups is 1. The summed E-state index contributed by atoms with van der Waals surface area (Å²) in [6, 6.07) is 11.3. The van der Waals surface area contributed by atoms with Crippen molar-refractivity contribution in [2.75, 3.05) is 20.6 Å². The molecule has 1 heterocycles. The molecular weight excluding hydrogens is 467 g/mol. The van der Waals surface area contributed by atoms with E-state index in [-0.39, 0.29) is 29.7 Å². The fourth-order valence-corrected chi connectivity index (χ4v) is 3.05. The second-order valence-electron chi connectivity index (χ2n) is 5.47. The van der Waals surface area contributed by atoms with Crippen molar-refractivity contribution in [1.82, 2.24) is 15.4 Å². The molecule has 0 amide bonds. The average molecular weight is 492 g/mol. The molecule has 7 nitrogen and oxygen atoms in total. The Bertz CT molecular complexity index is 792. The van der Waals surface area contributed by atoms with Crippen molar-refractivity contribution in [2.24, 2.45) is 4.99 Å². The third-order valence-electron chi connectivity index (χ3n) is 3.59. The average Bonchev–Trinajstić information content (AvgIpc) is 3.11. The maximum atomic E-state index is 11.6. The molecule has 0 atom stereocenters. The van der Waals surface area contributed by atoms with Gasteiger partial charge >= 0.3 is 0 Å². The number of nitrogens with one attached hydrogen (secondary N) is 3. The number of aliphatic imine (C=N–C) groups is 1. The van der Waals surface area contributed by atoms with Gasteiger partial charge in [-0.1, -0.05) is 24.3 Å². The Morgan fingerprint density at radius 1 is 1.15 bits per heavy atom. The number of furan rings is 1. The van der Waals surface area contributed by atoms with Crippen LogP contribution in [0, 0.1) is 0 Å². The molecule has 0 saturated carbocycles. The lowest BCUT2D eigenvalue weighted by atomic mass is 10.1. The lowest BCUT2D eigenvalue weighted by Gasteiger charge is -2.12. The summed E-state index contributed by atoms with van der Waals surface area (Å²) in [4.78, 5) is 4.17. The molecule has 0 bridgehead atoms. The number of sulfonamides is 1. The monoisotopic (exact) mass is 492 g/mol. The van der Waals surface area contributed by atoms with Crippen molar-refractivity contribution in [3.05, 3.63) is 59.5 Å². The van der Waals surface area contributed by atoms with E-state index in [0.717, 1.165) is 23.3 Å². The molecule has 0 spiro atoms. The zero-order chi connectivity index (χ0) is 18.1. The minimum Gasteiger partial charge on any atom is -0.469 e. The summed E-state index contributed by atoms with van der Waals surface area (Å²) in [5.74, 6) is 1.56. The molecule has 9 heteroatoms. The zero-order valence-corrected chi connectivity index (χ0v) is 18.0. The molecular formula is C17H25IN4O3S. The van der Waals surface area contributed by atoms with Crippen LogP contribution in [0.25, 0.3) is 0 Å². The molecule has 2 aromatic rings. The predicted molar refractivity (Wildman–Crippen MR) is 114 cm³/mol. The van der Waals surface area contributed by atoms with E-state index in [9.17, 15) is 8.42 Å². The molecule has 26 heavy (non-hydrogen) atoms. The first-order chi connectivity index (χ1) is 12.0. The minimum atomic E-state index is -3.27. The highest BCUT2D eigenvalue weighted by atomic mass is 127. The van der Waals surface area contributed by atoms with Crippen LogP contribution in [0.2, 0.25) is 0 Å². The van der Waals surface area contributed by atoms with Crippen molar-refractivity contribution < 1.29 is 12.8 Å². The van der Waals surface area contributed by atoms with Crippen LogP contribution in [0.4, 0.5) is 0 Å². The first-order valence-electron chi connectivity index (χ1n) is 7.98. The van der Waals surface area contributed by atoms with Gasteiger partial charge in [0.1, 0.15) is 5.76 Å². The molecule has 0 radical (unpaired) electrons. The Kier molecular flexibility index (Phi) is 9.66. The van der Waals surface area contributed by atoms with Gasteiger partial charge in [0, 0.05) is 26.6 Å². The van der Waals surface area contributed by atoms with Crippen molar-refractivity contribution in [3.8, 4) is 0 Å². The number of rotatable bonds is 8. The van der Waals surface area contributed by atoms with E-state index in [0.29, 0.717) is 19.0 Å². The standard InChI is InChI=1S/C17H24N4O3S.HI/c1-18-17(20-9-8-16-7-4-10-24-16)21-12-14-5-3-6-15(11-14)13-25(22,23)19-2;/h3-7,10-11,19H,8-9,12-13H2,1-2H3,(H2,18,20,21);1H. The van der Waals surface area contributed by atoms with Gasteiger partial charge < -0.3 is 15.1 Å². The van der Waals surface area contributed by atoms with E-state index in [1.54, 1.807) is 19.4 Å². The summed E-state index contributed by atoms with van der Waals surface area (Å²) in [5, 5.41) is 6.43. The van der Waals surface area contributed by atoms with Crippen LogP contribution < -0.4 is 15.4 Å². The Morgan fingerprint density at radius 2 is 1.92 bits per heavy atom. The molecule has 0 aliphatic rings. The highest BCUT2D eigenvalue weighted by molar-refractivity contribution is 14.0. The van der Waals surface area contributed by atoms with Crippen LogP contribution in [0.3, 0.4) is 0 Å². The van der Waals surface area contributed by atoms with Crippen LogP contribution >= 0.6 is 24.0 Å². The number of benzene rings is 1. The van der Waals surface area contributed by atoms with Gasteiger partial charge in [0.15, 0.2) is 5.96 Å². The summed E-state index contributed by atoms with van der Waals surface area (Å²) < 4.78 is 30.9. The summed E-state index contributed by atoms with van der Waals surface area (Å²) in [6.45, 7) is 1.25. The first kappa shape index (κ1) is 22.5. The second kappa shape index (κ2) is 11.2. The van der Waals surface area contributed by atoms with Crippen molar-refractivity contribution >= 4 is 40.0 Å². The quantitative estimate of drug-likeness (QED) is 0.297. The fraction of sp³-hybridized carbons (Fsp3) is 0.353. The Morgan fingerprint density at radius 3 is 2.58 bits per heavy atom. The van der Waals surface area contributed by atoms with E-state index < -0.39 is 10.0 Å². The molecule has 3 N–H and O–H groups in total. The van der Waals surface area contributed by atoms with Crippen molar-refractivity contribution in [2.45, 2.75) is 18.7 Å². The van der Waals surface area contributed by atoms with Gasteiger partial charge in [0.05, 0.1) is 12.0 Å². The molecule has 0 fully saturated rings. The van der Waals surface area contributed by atoms with Gasteiger partial charge in [-0.3, -0.25) is 4.99 Å². The molecule has 0 unspecified atom stereocenters. The Labute approximate surface area is 171 Å². The molecule has 2 rings (SSSR count). The normalized spacial score (nSPS) is 11.7. The Hall–Kier alpha value is -1.59. The van der Waals surface area contributed by atoms with Gasteiger partial charge in [0.2, 0.25) is 10.0 Å². The van der Waals surface area contributed by atoms with Gasteiger partial charge in [-0.05, 0) is 30.3 Å². The smallest absolute Gasteiger partial charge is 0.215 e. The van der Waals surface area contributed by atoms with E-state index in [4.69, 9.17) is 4.42 Å². The minimum absolute atomic E-state index is 0. The van der Waals surface area contributed by atoms with Crippen LogP contribution in [0.5, 0.6) is 0 Å². The van der Waals surface area contributed by atoms with E-state index in [1.807, 2.05) is 30.3 Å². The zero-order valence-electron chi connectivity index (χ0n) is 14.9. The highest BCUT2D eigenvalue weighted by Gasteiger charge is 2.09. The van der Waals surface area contributed by atoms with Gasteiger partial charge in [-0.25, -0.2) is 13.1 Å². The van der Waals surface area contributed by atoms with E-state index in [2.05, 4.69) is 20.3 Å². The second-order valence-corrected chi connectivity index (χ2v) is 7.39. The lowest BCUT2D eigenvalue weighted by molar-refractivity contribution is 0.507. The fourth-order valence-electron chi connectivity index (χ4n) is 2.29.